The Labute approximate surface area is 135 Å². The Hall–Kier alpha value is -1.76. The van der Waals surface area contributed by atoms with Crippen molar-refractivity contribution in [2.24, 2.45) is 16.6 Å². The molecule has 7 heteroatoms. The quantitative estimate of drug-likeness (QED) is 0.502. The highest BCUT2D eigenvalue weighted by molar-refractivity contribution is 7.09. The van der Waals surface area contributed by atoms with Crippen LogP contribution in [-0.4, -0.2) is 37.8 Å². The first-order chi connectivity index (χ1) is 10.7. The van der Waals surface area contributed by atoms with Crippen molar-refractivity contribution in [3.63, 3.8) is 0 Å². The van der Waals surface area contributed by atoms with Gasteiger partial charge in [0.15, 0.2) is 5.96 Å². The molecule has 1 amide bonds. The van der Waals surface area contributed by atoms with E-state index in [0.29, 0.717) is 25.0 Å². The number of nitrogens with one attached hydrogen (secondary N) is 2. The largest absolute Gasteiger partial charge is 0.450 e. The van der Waals surface area contributed by atoms with E-state index in [-0.39, 0.29) is 12.1 Å². The van der Waals surface area contributed by atoms with Crippen molar-refractivity contribution in [3.8, 4) is 0 Å². The Kier molecular flexibility index (Phi) is 6.51. The van der Waals surface area contributed by atoms with Crippen LogP contribution in [0.4, 0.5) is 4.79 Å². The first-order valence-electron chi connectivity index (χ1n) is 7.68. The van der Waals surface area contributed by atoms with Crippen molar-refractivity contribution in [3.05, 3.63) is 22.4 Å². The lowest BCUT2D eigenvalue weighted by Gasteiger charge is -2.16. The van der Waals surface area contributed by atoms with Gasteiger partial charge in [0.1, 0.15) is 0 Å². The van der Waals surface area contributed by atoms with Gasteiger partial charge in [-0.05, 0) is 43.6 Å². The number of rotatable bonds is 8. The molecule has 0 aliphatic heterocycles. The summed E-state index contributed by atoms with van der Waals surface area (Å²) in [6, 6.07) is 4.15. The molecule has 2 rings (SSSR count). The van der Waals surface area contributed by atoms with E-state index in [1.54, 1.807) is 18.3 Å². The number of thiophene rings is 1. The molecule has 1 saturated carbocycles. The standard InChI is InChI=1S/C15H24N4O2S/c1-2-21-15(20)19-13(11-5-6-11)10-18-14(16)17-8-7-12-4-3-9-22-12/h3-4,9,11,13H,2,5-8,10H2,1H3,(H,19,20)(H3,16,17,18). The fraction of sp³-hybridized carbons (Fsp3) is 0.600. The maximum Gasteiger partial charge on any atom is 0.407 e. The number of hydrogen-bond donors (Lipinski definition) is 3. The fourth-order valence-electron chi connectivity index (χ4n) is 2.16. The summed E-state index contributed by atoms with van der Waals surface area (Å²) in [6.07, 6.45) is 2.80. The number of carbonyl (C=O) groups is 1. The molecule has 0 bridgehead atoms. The first-order valence-corrected chi connectivity index (χ1v) is 8.56. The molecular weight excluding hydrogens is 300 g/mol. The summed E-state index contributed by atoms with van der Waals surface area (Å²) in [4.78, 5) is 17.2. The zero-order valence-corrected chi connectivity index (χ0v) is 13.7. The van der Waals surface area contributed by atoms with Crippen LogP contribution in [0.5, 0.6) is 0 Å². The maximum atomic E-state index is 11.5. The van der Waals surface area contributed by atoms with Gasteiger partial charge in [0.05, 0.1) is 19.2 Å². The first kappa shape index (κ1) is 16.6. The third-order valence-corrected chi connectivity index (χ3v) is 4.42. The van der Waals surface area contributed by atoms with E-state index in [1.165, 1.54) is 4.88 Å². The van der Waals surface area contributed by atoms with Crippen LogP contribution in [0.1, 0.15) is 24.6 Å². The lowest BCUT2D eigenvalue weighted by molar-refractivity contribution is 0.147. The third-order valence-electron chi connectivity index (χ3n) is 3.49. The van der Waals surface area contributed by atoms with Crippen LogP contribution < -0.4 is 16.4 Å². The Morgan fingerprint density at radius 1 is 1.59 bits per heavy atom. The lowest BCUT2D eigenvalue weighted by atomic mass is 10.2. The summed E-state index contributed by atoms with van der Waals surface area (Å²) in [5, 5.41) is 8.03. The van der Waals surface area contributed by atoms with E-state index < -0.39 is 0 Å². The molecule has 22 heavy (non-hydrogen) atoms. The molecule has 1 aromatic rings. The van der Waals surface area contributed by atoms with Crippen molar-refractivity contribution in [2.45, 2.75) is 32.2 Å². The smallest absolute Gasteiger partial charge is 0.407 e. The highest BCUT2D eigenvalue weighted by Gasteiger charge is 2.32. The SMILES string of the molecule is CCOC(=O)NC(CN=C(N)NCCc1cccs1)C1CC1. The third kappa shape index (κ3) is 5.93. The number of aliphatic imine (C=N–C) groups is 1. The number of guanidine groups is 1. The molecule has 1 aromatic heterocycles. The number of amides is 1. The van der Waals surface area contributed by atoms with E-state index in [2.05, 4.69) is 27.1 Å². The van der Waals surface area contributed by atoms with Crippen molar-refractivity contribution < 1.29 is 9.53 Å². The number of nitrogens with zero attached hydrogens (tertiary/aromatic N) is 1. The Morgan fingerprint density at radius 2 is 2.41 bits per heavy atom. The van der Waals surface area contributed by atoms with Crippen LogP contribution >= 0.6 is 11.3 Å². The van der Waals surface area contributed by atoms with E-state index in [9.17, 15) is 4.79 Å². The minimum atomic E-state index is -0.376. The van der Waals surface area contributed by atoms with Crippen molar-refractivity contribution in [1.29, 1.82) is 0 Å². The molecule has 1 unspecified atom stereocenters. The Bertz CT molecular complexity index is 486. The monoisotopic (exact) mass is 324 g/mol. The summed E-state index contributed by atoms with van der Waals surface area (Å²) >= 11 is 1.73. The molecule has 0 spiro atoms. The van der Waals surface area contributed by atoms with Gasteiger partial charge in [0.2, 0.25) is 0 Å². The zero-order valence-electron chi connectivity index (χ0n) is 12.9. The molecule has 1 atom stereocenters. The minimum absolute atomic E-state index is 0.0108. The number of ether oxygens (including phenoxy) is 1. The normalized spacial score (nSPS) is 16.1. The number of alkyl carbamates (subject to hydrolysis) is 1. The summed E-state index contributed by atoms with van der Waals surface area (Å²) in [6.45, 7) is 3.41. The van der Waals surface area contributed by atoms with E-state index in [0.717, 1.165) is 25.8 Å². The number of nitrogens with two attached hydrogens (primary N) is 1. The molecule has 4 N–H and O–H groups in total. The van der Waals surface area contributed by atoms with Crippen LogP contribution in [0, 0.1) is 5.92 Å². The average Bonchev–Trinajstić information content (AvgIpc) is 3.21. The molecule has 1 aliphatic rings. The topological polar surface area (TPSA) is 88.7 Å². The van der Waals surface area contributed by atoms with Crippen LogP contribution in [0.25, 0.3) is 0 Å². The number of carbonyl (C=O) groups excluding carboxylic acids is 1. The highest BCUT2D eigenvalue weighted by atomic mass is 32.1. The fourth-order valence-corrected chi connectivity index (χ4v) is 2.87. The van der Waals surface area contributed by atoms with Gasteiger partial charge in [0, 0.05) is 11.4 Å². The second kappa shape index (κ2) is 8.63. The lowest BCUT2D eigenvalue weighted by Crippen LogP contribution is -2.40. The molecule has 122 valence electrons. The van der Waals surface area contributed by atoms with Gasteiger partial charge < -0.3 is 21.1 Å². The van der Waals surface area contributed by atoms with Gasteiger partial charge in [-0.25, -0.2) is 4.79 Å². The number of hydrogen-bond acceptors (Lipinski definition) is 4. The van der Waals surface area contributed by atoms with Gasteiger partial charge in [0.25, 0.3) is 0 Å². The predicted octanol–water partition coefficient (Wildman–Crippen LogP) is 1.72. The van der Waals surface area contributed by atoms with E-state index in [4.69, 9.17) is 10.5 Å². The summed E-state index contributed by atoms with van der Waals surface area (Å²) in [5.41, 5.74) is 5.87. The second-order valence-corrected chi connectivity index (χ2v) is 6.32. The molecule has 1 aliphatic carbocycles. The molecule has 0 aromatic carbocycles. The van der Waals surface area contributed by atoms with Crippen LogP contribution in [-0.2, 0) is 11.2 Å². The molecule has 1 heterocycles. The van der Waals surface area contributed by atoms with Crippen LogP contribution in [0.2, 0.25) is 0 Å². The second-order valence-electron chi connectivity index (χ2n) is 5.29. The maximum absolute atomic E-state index is 11.5. The molecular formula is C15H24N4O2S. The van der Waals surface area contributed by atoms with Gasteiger partial charge in [-0.1, -0.05) is 6.07 Å². The Balaban J connectivity index is 1.71. The van der Waals surface area contributed by atoms with E-state index in [1.807, 2.05) is 6.07 Å². The van der Waals surface area contributed by atoms with Crippen LogP contribution in [0.15, 0.2) is 22.5 Å². The highest BCUT2D eigenvalue weighted by Crippen LogP contribution is 2.32. The minimum Gasteiger partial charge on any atom is -0.450 e. The van der Waals surface area contributed by atoms with E-state index >= 15 is 0 Å². The van der Waals surface area contributed by atoms with Crippen molar-refractivity contribution >= 4 is 23.4 Å². The average molecular weight is 324 g/mol. The van der Waals surface area contributed by atoms with Gasteiger partial charge >= 0.3 is 6.09 Å². The van der Waals surface area contributed by atoms with Gasteiger partial charge in [-0.15, -0.1) is 11.3 Å². The summed E-state index contributed by atoms with van der Waals surface area (Å²) in [5.74, 6) is 0.917. The Morgan fingerprint density at radius 3 is 3.05 bits per heavy atom. The molecule has 0 radical (unpaired) electrons. The summed E-state index contributed by atoms with van der Waals surface area (Å²) < 4.78 is 4.92. The van der Waals surface area contributed by atoms with Crippen molar-refractivity contribution in [2.75, 3.05) is 19.7 Å². The molecule has 6 nitrogen and oxygen atoms in total. The van der Waals surface area contributed by atoms with Gasteiger partial charge in [-0.2, -0.15) is 0 Å². The molecule has 0 saturated heterocycles. The molecule has 1 fully saturated rings. The van der Waals surface area contributed by atoms with Gasteiger partial charge in [-0.3, -0.25) is 4.99 Å². The zero-order chi connectivity index (χ0) is 15.8. The van der Waals surface area contributed by atoms with Crippen molar-refractivity contribution in [1.82, 2.24) is 10.6 Å². The predicted molar refractivity (Wildman–Crippen MR) is 89.2 cm³/mol. The van der Waals surface area contributed by atoms with Crippen LogP contribution in [0.3, 0.4) is 0 Å². The summed E-state index contributed by atoms with van der Waals surface area (Å²) in [7, 11) is 0.